The lowest BCUT2D eigenvalue weighted by atomic mass is 10.1. The molecule has 8 heteroatoms. The van der Waals surface area contributed by atoms with Crippen molar-refractivity contribution in [2.45, 2.75) is 6.92 Å². The van der Waals surface area contributed by atoms with Gasteiger partial charge in [0.2, 0.25) is 0 Å². The number of ether oxygens (including phenoxy) is 2. The van der Waals surface area contributed by atoms with Crippen LogP contribution < -0.4 is 20.1 Å². The third-order valence-electron chi connectivity index (χ3n) is 4.64. The fourth-order valence-corrected chi connectivity index (χ4v) is 3.14. The molecule has 0 heterocycles. The molecule has 0 saturated carbocycles. The largest absolute Gasteiger partial charge is 0.493 e. The molecule has 0 unspecified atom stereocenters. The Morgan fingerprint density at radius 1 is 1.00 bits per heavy atom. The van der Waals surface area contributed by atoms with Gasteiger partial charge in [-0.25, -0.2) is 0 Å². The molecular formula is C26H22ClN3O4. The van der Waals surface area contributed by atoms with Crippen molar-refractivity contribution in [2.75, 3.05) is 24.4 Å². The van der Waals surface area contributed by atoms with E-state index in [1.54, 1.807) is 42.5 Å². The molecule has 34 heavy (non-hydrogen) atoms. The highest BCUT2D eigenvalue weighted by molar-refractivity contribution is 6.31. The molecule has 0 aliphatic rings. The lowest BCUT2D eigenvalue weighted by molar-refractivity contribution is -0.118. The molecule has 3 aromatic carbocycles. The van der Waals surface area contributed by atoms with Crippen LogP contribution in [0.15, 0.2) is 72.3 Å². The number of methoxy groups -OCH3 is 1. The normalized spacial score (nSPS) is 10.7. The fourth-order valence-electron chi connectivity index (χ4n) is 2.95. The van der Waals surface area contributed by atoms with Gasteiger partial charge in [-0.3, -0.25) is 9.59 Å². The number of amides is 2. The van der Waals surface area contributed by atoms with E-state index >= 15 is 0 Å². The van der Waals surface area contributed by atoms with Crippen molar-refractivity contribution in [3.63, 3.8) is 0 Å². The van der Waals surface area contributed by atoms with Crippen LogP contribution in [0.25, 0.3) is 6.08 Å². The van der Waals surface area contributed by atoms with Crippen LogP contribution >= 0.6 is 11.6 Å². The summed E-state index contributed by atoms with van der Waals surface area (Å²) in [5.74, 6) is -0.193. The number of nitrogens with one attached hydrogen (secondary N) is 2. The van der Waals surface area contributed by atoms with E-state index in [0.717, 1.165) is 5.56 Å². The second-order valence-electron chi connectivity index (χ2n) is 7.25. The molecule has 0 radical (unpaired) electrons. The first kappa shape index (κ1) is 24.4. The number of nitrogens with zero attached hydrogens (tertiary/aromatic N) is 1. The van der Waals surface area contributed by atoms with Crippen molar-refractivity contribution in [3.8, 4) is 17.6 Å². The summed E-state index contributed by atoms with van der Waals surface area (Å²) in [7, 11) is 1.46. The topological polar surface area (TPSA) is 100 Å². The molecule has 0 aliphatic heterocycles. The molecular weight excluding hydrogens is 454 g/mol. The first-order valence-electron chi connectivity index (χ1n) is 10.2. The number of rotatable bonds is 8. The minimum atomic E-state index is -0.572. The maximum absolute atomic E-state index is 12.5. The van der Waals surface area contributed by atoms with Crippen molar-refractivity contribution in [3.05, 3.63) is 88.5 Å². The summed E-state index contributed by atoms with van der Waals surface area (Å²) in [5.41, 5.74) is 2.68. The molecule has 0 atom stereocenters. The van der Waals surface area contributed by atoms with Gasteiger partial charge in [0, 0.05) is 16.4 Å². The van der Waals surface area contributed by atoms with Gasteiger partial charge in [-0.1, -0.05) is 41.4 Å². The quantitative estimate of drug-likeness (QED) is 0.343. The SMILES string of the molecule is COc1cc(/C=C(\C#N)C(=O)Nc2cccc(Cl)c2)ccc1OCC(=O)Nc1ccc(C)cc1. The maximum Gasteiger partial charge on any atom is 0.266 e. The first-order valence-corrected chi connectivity index (χ1v) is 10.6. The van der Waals surface area contributed by atoms with Crippen LogP contribution in [0.2, 0.25) is 5.02 Å². The molecule has 7 nitrogen and oxygen atoms in total. The number of halogens is 1. The summed E-state index contributed by atoms with van der Waals surface area (Å²) >= 11 is 5.93. The lowest BCUT2D eigenvalue weighted by Gasteiger charge is -2.12. The van der Waals surface area contributed by atoms with E-state index in [1.165, 1.54) is 13.2 Å². The Bertz CT molecular complexity index is 1260. The van der Waals surface area contributed by atoms with Crippen LogP contribution in [-0.4, -0.2) is 25.5 Å². The predicted molar refractivity (Wildman–Crippen MR) is 132 cm³/mol. The number of benzene rings is 3. The van der Waals surface area contributed by atoms with E-state index in [1.807, 2.05) is 37.3 Å². The van der Waals surface area contributed by atoms with Gasteiger partial charge in [0.15, 0.2) is 18.1 Å². The van der Waals surface area contributed by atoms with Gasteiger partial charge in [-0.05, 0) is 61.0 Å². The average Bonchev–Trinajstić information content (AvgIpc) is 2.82. The van der Waals surface area contributed by atoms with Crippen molar-refractivity contribution in [2.24, 2.45) is 0 Å². The zero-order valence-electron chi connectivity index (χ0n) is 18.6. The van der Waals surface area contributed by atoms with Crippen LogP contribution in [0.5, 0.6) is 11.5 Å². The highest BCUT2D eigenvalue weighted by Gasteiger charge is 2.12. The van der Waals surface area contributed by atoms with Crippen molar-refractivity contribution in [1.29, 1.82) is 5.26 Å². The van der Waals surface area contributed by atoms with Crippen LogP contribution in [0, 0.1) is 18.3 Å². The van der Waals surface area contributed by atoms with Crippen molar-refractivity contribution in [1.82, 2.24) is 0 Å². The maximum atomic E-state index is 12.5. The highest BCUT2D eigenvalue weighted by Crippen LogP contribution is 2.29. The minimum Gasteiger partial charge on any atom is -0.493 e. The molecule has 0 spiro atoms. The van der Waals surface area contributed by atoms with Gasteiger partial charge >= 0.3 is 0 Å². The Labute approximate surface area is 202 Å². The first-order chi connectivity index (χ1) is 16.4. The van der Waals surface area contributed by atoms with E-state index in [-0.39, 0.29) is 18.1 Å². The van der Waals surface area contributed by atoms with Crippen molar-refractivity contribution >= 4 is 40.9 Å². The summed E-state index contributed by atoms with van der Waals surface area (Å²) in [5, 5.41) is 15.3. The molecule has 0 fully saturated rings. The van der Waals surface area contributed by atoms with Crippen LogP contribution in [0.3, 0.4) is 0 Å². The van der Waals surface area contributed by atoms with Crippen LogP contribution in [0.1, 0.15) is 11.1 Å². The molecule has 172 valence electrons. The Morgan fingerprint density at radius 3 is 2.44 bits per heavy atom. The van der Waals surface area contributed by atoms with Gasteiger partial charge in [0.1, 0.15) is 11.6 Å². The third kappa shape index (κ3) is 6.86. The Morgan fingerprint density at radius 2 is 1.76 bits per heavy atom. The summed E-state index contributed by atoms with van der Waals surface area (Å²) in [6, 6.07) is 20.8. The van der Waals surface area contributed by atoms with Gasteiger partial charge in [-0.2, -0.15) is 5.26 Å². The minimum absolute atomic E-state index is 0.104. The monoisotopic (exact) mass is 475 g/mol. The number of carbonyl (C=O) groups excluding carboxylic acids is 2. The molecule has 3 aromatic rings. The summed E-state index contributed by atoms with van der Waals surface area (Å²) in [4.78, 5) is 24.7. The average molecular weight is 476 g/mol. The number of nitriles is 1. The molecule has 0 saturated heterocycles. The smallest absolute Gasteiger partial charge is 0.266 e. The Hall–Kier alpha value is -4.28. The van der Waals surface area contributed by atoms with E-state index in [9.17, 15) is 14.9 Å². The van der Waals surface area contributed by atoms with Crippen LogP contribution in [-0.2, 0) is 9.59 Å². The van der Waals surface area contributed by atoms with E-state index in [4.69, 9.17) is 21.1 Å². The van der Waals surface area contributed by atoms with E-state index < -0.39 is 5.91 Å². The summed E-state index contributed by atoms with van der Waals surface area (Å²) in [6.07, 6.45) is 1.43. The Balaban J connectivity index is 1.67. The van der Waals surface area contributed by atoms with E-state index in [2.05, 4.69) is 10.6 Å². The number of aryl methyl sites for hydroxylation is 1. The molecule has 0 aliphatic carbocycles. The molecule has 2 N–H and O–H groups in total. The third-order valence-corrected chi connectivity index (χ3v) is 4.88. The zero-order valence-corrected chi connectivity index (χ0v) is 19.3. The van der Waals surface area contributed by atoms with Gasteiger partial charge < -0.3 is 20.1 Å². The number of hydrogen-bond acceptors (Lipinski definition) is 5. The second kappa shape index (κ2) is 11.5. The lowest BCUT2D eigenvalue weighted by Crippen LogP contribution is -2.20. The molecule has 3 rings (SSSR count). The van der Waals surface area contributed by atoms with Gasteiger partial charge in [0.05, 0.1) is 7.11 Å². The summed E-state index contributed by atoms with van der Waals surface area (Å²) < 4.78 is 10.9. The number of anilines is 2. The van der Waals surface area contributed by atoms with Gasteiger partial charge in [-0.15, -0.1) is 0 Å². The van der Waals surface area contributed by atoms with Crippen LogP contribution in [0.4, 0.5) is 11.4 Å². The molecule has 0 aromatic heterocycles. The van der Waals surface area contributed by atoms with Crippen molar-refractivity contribution < 1.29 is 19.1 Å². The number of hydrogen-bond donors (Lipinski definition) is 2. The van der Waals surface area contributed by atoms with E-state index in [0.29, 0.717) is 33.5 Å². The zero-order chi connectivity index (χ0) is 24.5. The Kier molecular flexibility index (Phi) is 8.27. The standard InChI is InChI=1S/C26H22ClN3O4/c1-17-6-9-21(10-7-17)29-25(31)16-34-23-11-8-18(13-24(23)33-2)12-19(15-28)26(32)30-22-5-3-4-20(27)14-22/h3-14H,16H2,1-2H3,(H,29,31)(H,30,32)/b19-12+. The second-order valence-corrected chi connectivity index (χ2v) is 7.68. The number of carbonyl (C=O) groups is 2. The molecule has 2 amide bonds. The van der Waals surface area contributed by atoms with Gasteiger partial charge in [0.25, 0.3) is 11.8 Å². The summed E-state index contributed by atoms with van der Waals surface area (Å²) in [6.45, 7) is 1.75. The fraction of sp³-hybridized carbons (Fsp3) is 0.115. The predicted octanol–water partition coefficient (Wildman–Crippen LogP) is 5.22. The molecule has 0 bridgehead atoms. The highest BCUT2D eigenvalue weighted by atomic mass is 35.5.